The highest BCUT2D eigenvalue weighted by Gasteiger charge is 2.20. The summed E-state index contributed by atoms with van der Waals surface area (Å²) >= 11 is 1.09. The molecule has 166 valence electrons. The zero-order chi connectivity index (χ0) is 23.4. The van der Waals surface area contributed by atoms with Gasteiger partial charge in [0.2, 0.25) is 23.6 Å². The molecule has 3 heterocycles. The van der Waals surface area contributed by atoms with Crippen molar-refractivity contribution in [2.24, 2.45) is 0 Å². The van der Waals surface area contributed by atoms with Crippen molar-refractivity contribution in [3.8, 4) is 33.5 Å². The molecule has 0 aliphatic heterocycles. The molecule has 33 heavy (non-hydrogen) atoms. The first-order valence-corrected chi connectivity index (χ1v) is 10.4. The highest BCUT2D eigenvalue weighted by atomic mass is 32.1. The molecule has 4 rings (SSSR count). The Labute approximate surface area is 191 Å². The van der Waals surface area contributed by atoms with Crippen LogP contribution in [0.1, 0.15) is 23.5 Å². The zero-order valence-corrected chi connectivity index (χ0v) is 18.3. The molecule has 0 aliphatic rings. The van der Waals surface area contributed by atoms with Crippen molar-refractivity contribution in [1.29, 1.82) is 0 Å². The molecule has 0 aliphatic carbocycles. The lowest BCUT2D eigenvalue weighted by atomic mass is 10.1. The van der Waals surface area contributed by atoms with Crippen molar-refractivity contribution in [3.63, 3.8) is 0 Å². The fourth-order valence-electron chi connectivity index (χ4n) is 2.79. The number of hydrogen-bond acceptors (Lipinski definition) is 9. The molecule has 0 saturated carbocycles. The average molecular weight is 463 g/mol. The maximum Gasteiger partial charge on any atom is 0.281 e. The fourth-order valence-corrected chi connectivity index (χ4v) is 3.63. The second kappa shape index (κ2) is 9.36. The van der Waals surface area contributed by atoms with Crippen LogP contribution in [0, 0.1) is 0 Å². The van der Waals surface area contributed by atoms with Crippen molar-refractivity contribution in [2.45, 2.75) is 13.8 Å². The number of nitrogens with one attached hydrogen (secondary N) is 3. The Kier molecular flexibility index (Phi) is 6.17. The third kappa shape index (κ3) is 5.07. The van der Waals surface area contributed by atoms with Gasteiger partial charge in [0, 0.05) is 31.2 Å². The topological polar surface area (TPSA) is 152 Å². The Morgan fingerprint density at radius 2 is 1.64 bits per heavy atom. The number of amides is 3. The van der Waals surface area contributed by atoms with Crippen LogP contribution in [0.15, 0.2) is 53.2 Å². The minimum absolute atomic E-state index is 0.192. The van der Waals surface area contributed by atoms with E-state index in [0.29, 0.717) is 27.8 Å². The fraction of sp³-hybridized carbons (Fsp3) is 0.0952. The lowest BCUT2D eigenvalue weighted by molar-refractivity contribution is -0.119. The minimum atomic E-state index is -0.512. The van der Waals surface area contributed by atoms with E-state index in [4.69, 9.17) is 4.42 Å². The van der Waals surface area contributed by atoms with E-state index in [1.165, 1.54) is 26.2 Å². The maximum atomic E-state index is 12.2. The van der Waals surface area contributed by atoms with E-state index in [2.05, 4.69) is 36.3 Å². The number of hydrogen-bond donors (Lipinski definition) is 3. The minimum Gasteiger partial charge on any atom is -0.416 e. The van der Waals surface area contributed by atoms with E-state index < -0.39 is 11.8 Å². The van der Waals surface area contributed by atoms with Gasteiger partial charge in [-0.2, -0.15) is 0 Å². The van der Waals surface area contributed by atoms with Gasteiger partial charge in [-0.25, -0.2) is 9.97 Å². The smallest absolute Gasteiger partial charge is 0.281 e. The van der Waals surface area contributed by atoms with Crippen LogP contribution < -0.4 is 16.2 Å². The number of benzene rings is 1. The van der Waals surface area contributed by atoms with Crippen LogP contribution in [0.4, 0.5) is 5.82 Å². The average Bonchev–Trinajstić information content (AvgIpc) is 3.48. The van der Waals surface area contributed by atoms with Gasteiger partial charge in [0.15, 0.2) is 0 Å². The molecule has 0 spiro atoms. The Hall–Kier alpha value is -4.45. The van der Waals surface area contributed by atoms with Gasteiger partial charge >= 0.3 is 0 Å². The summed E-state index contributed by atoms with van der Waals surface area (Å²) in [5, 5.41) is 11.3. The van der Waals surface area contributed by atoms with Crippen LogP contribution in [-0.2, 0) is 9.59 Å². The molecule has 12 heteroatoms. The van der Waals surface area contributed by atoms with Gasteiger partial charge in [0.1, 0.15) is 15.7 Å². The largest absolute Gasteiger partial charge is 0.416 e. The van der Waals surface area contributed by atoms with Gasteiger partial charge in [0.05, 0.1) is 11.8 Å². The number of thiazole rings is 1. The monoisotopic (exact) mass is 463 g/mol. The number of hydrazine groups is 1. The van der Waals surface area contributed by atoms with Gasteiger partial charge in [-0.1, -0.05) is 18.2 Å². The molecule has 0 atom stereocenters. The summed E-state index contributed by atoms with van der Waals surface area (Å²) in [7, 11) is 0. The second-order valence-electron chi connectivity index (χ2n) is 6.74. The molecule has 0 radical (unpaired) electrons. The predicted octanol–water partition coefficient (Wildman–Crippen LogP) is 2.66. The van der Waals surface area contributed by atoms with Crippen molar-refractivity contribution < 1.29 is 18.8 Å². The standard InChI is InChI=1S/C21H17N7O4S/c1-11(29)24-17-8-14(20-28-27-19(32-20)13-6-4-3-5-7-13)15(9-22-17)21-23-10-16(33-21)18(31)26-25-12(2)30/h3-10H,1-2H3,(H,25,30)(H,26,31)(H,22,24,29). The van der Waals surface area contributed by atoms with Gasteiger partial charge < -0.3 is 9.73 Å². The molecule has 1 aromatic carbocycles. The molecule has 11 nitrogen and oxygen atoms in total. The zero-order valence-electron chi connectivity index (χ0n) is 17.4. The third-order valence-corrected chi connectivity index (χ3v) is 5.23. The Bertz CT molecular complexity index is 1330. The molecule has 3 amide bonds. The molecule has 3 aromatic heterocycles. The maximum absolute atomic E-state index is 12.2. The summed E-state index contributed by atoms with van der Waals surface area (Å²) in [5.41, 5.74) is 6.27. The number of pyridine rings is 1. The van der Waals surface area contributed by atoms with E-state index >= 15 is 0 Å². The summed E-state index contributed by atoms with van der Waals surface area (Å²) in [5.74, 6) is -0.397. The van der Waals surface area contributed by atoms with E-state index in [1.54, 1.807) is 6.07 Å². The molecule has 3 N–H and O–H groups in total. The SMILES string of the molecule is CC(=O)NNC(=O)c1cnc(-c2cnc(NC(C)=O)cc2-c2nnc(-c3ccccc3)o2)s1. The second-order valence-corrected chi connectivity index (χ2v) is 7.77. The quantitative estimate of drug-likeness (QED) is 0.382. The molecular formula is C21H17N7O4S. The van der Waals surface area contributed by atoms with Crippen LogP contribution in [-0.4, -0.2) is 37.9 Å². The summed E-state index contributed by atoms with van der Waals surface area (Å²) in [4.78, 5) is 43.6. The Balaban J connectivity index is 1.72. The number of nitrogens with zero attached hydrogens (tertiary/aromatic N) is 4. The Morgan fingerprint density at radius 1 is 0.879 bits per heavy atom. The number of anilines is 1. The third-order valence-electron chi connectivity index (χ3n) is 4.20. The first-order valence-electron chi connectivity index (χ1n) is 9.61. The highest BCUT2D eigenvalue weighted by molar-refractivity contribution is 7.17. The molecule has 0 fully saturated rings. The molecular weight excluding hydrogens is 446 g/mol. The van der Waals surface area contributed by atoms with Crippen molar-refractivity contribution in [2.75, 3.05) is 5.32 Å². The van der Waals surface area contributed by atoms with Crippen molar-refractivity contribution in [1.82, 2.24) is 31.0 Å². The molecule has 4 aromatic rings. The number of carbonyl (C=O) groups excluding carboxylic acids is 3. The van der Waals surface area contributed by atoms with E-state index in [-0.39, 0.29) is 16.7 Å². The normalized spacial score (nSPS) is 10.5. The van der Waals surface area contributed by atoms with Gasteiger partial charge in [0.25, 0.3) is 5.91 Å². The summed E-state index contributed by atoms with van der Waals surface area (Å²) in [6.45, 7) is 2.65. The van der Waals surface area contributed by atoms with Crippen LogP contribution in [0.5, 0.6) is 0 Å². The number of rotatable bonds is 5. The summed E-state index contributed by atoms with van der Waals surface area (Å²) in [6, 6.07) is 10.9. The van der Waals surface area contributed by atoms with Gasteiger partial charge in [-0.15, -0.1) is 21.5 Å². The lowest BCUT2D eigenvalue weighted by Crippen LogP contribution is -2.39. The van der Waals surface area contributed by atoms with Gasteiger partial charge in [-0.3, -0.25) is 25.2 Å². The van der Waals surface area contributed by atoms with E-state index in [9.17, 15) is 14.4 Å². The van der Waals surface area contributed by atoms with E-state index in [0.717, 1.165) is 16.9 Å². The van der Waals surface area contributed by atoms with E-state index in [1.807, 2.05) is 30.3 Å². The molecule has 0 bridgehead atoms. The summed E-state index contributed by atoms with van der Waals surface area (Å²) in [6.07, 6.45) is 2.88. The van der Waals surface area contributed by atoms with Crippen LogP contribution in [0.25, 0.3) is 33.5 Å². The van der Waals surface area contributed by atoms with Crippen LogP contribution in [0.3, 0.4) is 0 Å². The first kappa shape index (κ1) is 21.8. The molecule has 0 unspecified atom stereocenters. The lowest BCUT2D eigenvalue weighted by Gasteiger charge is -2.07. The molecule has 0 saturated heterocycles. The first-order chi connectivity index (χ1) is 15.9. The Morgan fingerprint density at radius 3 is 2.36 bits per heavy atom. The number of aromatic nitrogens is 4. The summed E-state index contributed by atoms with van der Waals surface area (Å²) < 4.78 is 5.88. The van der Waals surface area contributed by atoms with Crippen molar-refractivity contribution in [3.05, 3.63) is 53.7 Å². The number of carbonyl (C=O) groups is 3. The van der Waals surface area contributed by atoms with Gasteiger partial charge in [-0.05, 0) is 18.2 Å². The van der Waals surface area contributed by atoms with Crippen molar-refractivity contribution >= 4 is 34.9 Å². The predicted molar refractivity (Wildman–Crippen MR) is 120 cm³/mol. The highest BCUT2D eigenvalue weighted by Crippen LogP contribution is 2.35. The van der Waals surface area contributed by atoms with Crippen LogP contribution >= 0.6 is 11.3 Å². The van der Waals surface area contributed by atoms with Crippen LogP contribution in [0.2, 0.25) is 0 Å².